The van der Waals surface area contributed by atoms with Gasteiger partial charge in [0.05, 0.1) is 0 Å². The van der Waals surface area contributed by atoms with Gasteiger partial charge >= 0.3 is 0 Å². The summed E-state index contributed by atoms with van der Waals surface area (Å²) in [7, 11) is 0. The zero-order valence-electron chi connectivity index (χ0n) is 14.1. The Labute approximate surface area is 131 Å². The molecule has 1 amide bonds. The summed E-state index contributed by atoms with van der Waals surface area (Å²) in [6.07, 6.45) is 15.2. The van der Waals surface area contributed by atoms with E-state index < -0.39 is 0 Å². The van der Waals surface area contributed by atoms with Crippen molar-refractivity contribution < 1.29 is 4.79 Å². The lowest BCUT2D eigenvalue weighted by atomic mass is 9.85. The molecule has 0 atom stereocenters. The Balaban J connectivity index is 2.06. The molecule has 1 N–H and O–H groups in total. The number of hydrazone groups is 1. The molecule has 0 aromatic carbocycles. The lowest BCUT2D eigenvalue weighted by Gasteiger charge is -2.22. The lowest BCUT2D eigenvalue weighted by Crippen LogP contribution is -2.22. The maximum atomic E-state index is 11.7. The second kappa shape index (κ2) is 11.8. The van der Waals surface area contributed by atoms with E-state index in [1.165, 1.54) is 63.5 Å². The summed E-state index contributed by atoms with van der Waals surface area (Å²) in [6.45, 7) is 4.48. The monoisotopic (exact) mass is 294 g/mol. The van der Waals surface area contributed by atoms with Crippen molar-refractivity contribution in [2.75, 3.05) is 0 Å². The van der Waals surface area contributed by atoms with E-state index in [0.29, 0.717) is 6.42 Å². The molecular weight excluding hydrogens is 260 g/mol. The zero-order chi connectivity index (χ0) is 15.3. The first-order valence-corrected chi connectivity index (χ1v) is 9.10. The van der Waals surface area contributed by atoms with E-state index in [0.717, 1.165) is 25.2 Å². The summed E-state index contributed by atoms with van der Waals surface area (Å²) in [4.78, 5) is 11.7. The molecule has 1 saturated carbocycles. The Bertz CT molecular complexity index is 302. The minimum absolute atomic E-state index is 0.0914. The summed E-state index contributed by atoms with van der Waals surface area (Å²) in [5.41, 5.74) is 3.94. The molecule has 122 valence electrons. The smallest absolute Gasteiger partial charge is 0.240 e. The topological polar surface area (TPSA) is 41.5 Å². The molecule has 3 nitrogen and oxygen atoms in total. The maximum absolute atomic E-state index is 11.7. The first-order chi connectivity index (χ1) is 10.3. The van der Waals surface area contributed by atoms with Crippen LogP contribution < -0.4 is 5.43 Å². The standard InChI is InChI=1S/C18H34N2O/c1-3-5-6-7-8-9-11-18(21)20-19-17-14-12-16(10-4-2)13-15-17/h16H,3-15H2,1-2H3,(H,20,21). The average molecular weight is 294 g/mol. The maximum Gasteiger partial charge on any atom is 0.240 e. The molecule has 0 heterocycles. The van der Waals surface area contributed by atoms with E-state index >= 15 is 0 Å². The third kappa shape index (κ3) is 8.90. The van der Waals surface area contributed by atoms with Gasteiger partial charge in [-0.2, -0.15) is 5.10 Å². The highest BCUT2D eigenvalue weighted by molar-refractivity contribution is 5.86. The fourth-order valence-corrected chi connectivity index (χ4v) is 3.08. The van der Waals surface area contributed by atoms with Crippen LogP contribution in [-0.4, -0.2) is 11.6 Å². The highest BCUT2D eigenvalue weighted by atomic mass is 16.2. The van der Waals surface area contributed by atoms with Crippen LogP contribution in [0.25, 0.3) is 0 Å². The number of rotatable bonds is 10. The Morgan fingerprint density at radius 2 is 1.71 bits per heavy atom. The van der Waals surface area contributed by atoms with E-state index in [1.807, 2.05) is 0 Å². The summed E-state index contributed by atoms with van der Waals surface area (Å²) >= 11 is 0. The van der Waals surface area contributed by atoms with Gasteiger partial charge in [0.25, 0.3) is 0 Å². The Hall–Kier alpha value is -0.860. The quantitative estimate of drug-likeness (QED) is 0.436. The first-order valence-electron chi connectivity index (χ1n) is 9.10. The summed E-state index contributed by atoms with van der Waals surface area (Å²) in [6, 6.07) is 0. The first kappa shape index (κ1) is 18.2. The number of carbonyl (C=O) groups excluding carboxylic acids is 1. The molecule has 0 radical (unpaired) electrons. The van der Waals surface area contributed by atoms with Gasteiger partial charge in [0, 0.05) is 12.1 Å². The number of nitrogens with zero attached hydrogens (tertiary/aromatic N) is 1. The molecule has 0 aliphatic heterocycles. The number of unbranched alkanes of at least 4 members (excludes halogenated alkanes) is 5. The number of amides is 1. The molecule has 0 aromatic heterocycles. The SMILES string of the molecule is CCCCCCCCC(=O)NN=C1CCC(CCC)CC1. The molecule has 21 heavy (non-hydrogen) atoms. The van der Waals surface area contributed by atoms with Crippen molar-refractivity contribution in [2.45, 2.75) is 97.3 Å². The Morgan fingerprint density at radius 1 is 1.05 bits per heavy atom. The van der Waals surface area contributed by atoms with Crippen molar-refractivity contribution >= 4 is 11.6 Å². The van der Waals surface area contributed by atoms with Crippen LogP contribution in [0.5, 0.6) is 0 Å². The van der Waals surface area contributed by atoms with Crippen LogP contribution >= 0.6 is 0 Å². The van der Waals surface area contributed by atoms with Crippen molar-refractivity contribution in [2.24, 2.45) is 11.0 Å². The molecule has 0 bridgehead atoms. The summed E-state index contributed by atoms with van der Waals surface area (Å²) < 4.78 is 0. The van der Waals surface area contributed by atoms with Crippen molar-refractivity contribution in [1.82, 2.24) is 5.43 Å². The second-order valence-electron chi connectivity index (χ2n) is 6.46. The number of nitrogens with one attached hydrogen (secondary N) is 1. The zero-order valence-corrected chi connectivity index (χ0v) is 14.1. The van der Waals surface area contributed by atoms with Gasteiger partial charge in [-0.05, 0) is 38.0 Å². The molecule has 1 aliphatic carbocycles. The molecule has 0 unspecified atom stereocenters. The minimum Gasteiger partial charge on any atom is -0.273 e. The molecular formula is C18H34N2O. The Morgan fingerprint density at radius 3 is 2.38 bits per heavy atom. The highest BCUT2D eigenvalue weighted by Gasteiger charge is 2.16. The van der Waals surface area contributed by atoms with Crippen molar-refractivity contribution in [3.8, 4) is 0 Å². The second-order valence-corrected chi connectivity index (χ2v) is 6.46. The van der Waals surface area contributed by atoms with Crippen LogP contribution in [0.4, 0.5) is 0 Å². The summed E-state index contributed by atoms with van der Waals surface area (Å²) in [5.74, 6) is 0.974. The van der Waals surface area contributed by atoms with Gasteiger partial charge in [0.1, 0.15) is 0 Å². The van der Waals surface area contributed by atoms with Crippen LogP contribution in [0, 0.1) is 5.92 Å². The number of hydrogen-bond donors (Lipinski definition) is 1. The third-order valence-electron chi connectivity index (χ3n) is 4.48. The lowest BCUT2D eigenvalue weighted by molar-refractivity contribution is -0.121. The molecule has 1 fully saturated rings. The predicted molar refractivity (Wildman–Crippen MR) is 90.4 cm³/mol. The van der Waals surface area contributed by atoms with E-state index in [-0.39, 0.29) is 5.91 Å². The van der Waals surface area contributed by atoms with Crippen LogP contribution in [0.1, 0.15) is 97.3 Å². The normalized spacial score (nSPS) is 18.6. The molecule has 0 saturated heterocycles. The fraction of sp³-hybridized carbons (Fsp3) is 0.889. The summed E-state index contributed by atoms with van der Waals surface area (Å²) in [5, 5.41) is 4.32. The van der Waals surface area contributed by atoms with E-state index in [4.69, 9.17) is 0 Å². The van der Waals surface area contributed by atoms with Crippen molar-refractivity contribution in [3.05, 3.63) is 0 Å². The highest BCUT2D eigenvalue weighted by Crippen LogP contribution is 2.25. The van der Waals surface area contributed by atoms with Gasteiger partial charge in [0.15, 0.2) is 0 Å². The van der Waals surface area contributed by atoms with E-state index in [9.17, 15) is 4.79 Å². The number of hydrogen-bond acceptors (Lipinski definition) is 2. The van der Waals surface area contributed by atoms with Crippen LogP contribution in [0.15, 0.2) is 5.10 Å². The third-order valence-corrected chi connectivity index (χ3v) is 4.48. The molecule has 1 aliphatic rings. The van der Waals surface area contributed by atoms with E-state index in [1.54, 1.807) is 0 Å². The van der Waals surface area contributed by atoms with Crippen LogP contribution in [-0.2, 0) is 4.79 Å². The van der Waals surface area contributed by atoms with Crippen molar-refractivity contribution in [3.63, 3.8) is 0 Å². The predicted octanol–water partition coefficient (Wildman–Crippen LogP) is 5.20. The molecule has 0 aromatic rings. The molecule has 1 rings (SSSR count). The average Bonchev–Trinajstić information content (AvgIpc) is 2.50. The van der Waals surface area contributed by atoms with Crippen molar-refractivity contribution in [1.29, 1.82) is 0 Å². The van der Waals surface area contributed by atoms with Gasteiger partial charge < -0.3 is 0 Å². The van der Waals surface area contributed by atoms with Gasteiger partial charge in [-0.1, -0.05) is 58.8 Å². The minimum atomic E-state index is 0.0914. The molecule has 3 heteroatoms. The van der Waals surface area contributed by atoms with Crippen LogP contribution in [0.3, 0.4) is 0 Å². The van der Waals surface area contributed by atoms with Gasteiger partial charge in [0.2, 0.25) is 5.91 Å². The number of carbonyl (C=O) groups is 1. The Kier molecular flexibility index (Phi) is 10.2. The largest absolute Gasteiger partial charge is 0.273 e. The van der Waals surface area contributed by atoms with Gasteiger partial charge in [-0.25, -0.2) is 5.43 Å². The fourth-order valence-electron chi connectivity index (χ4n) is 3.08. The van der Waals surface area contributed by atoms with Gasteiger partial charge in [-0.3, -0.25) is 4.79 Å². The van der Waals surface area contributed by atoms with Crippen LogP contribution in [0.2, 0.25) is 0 Å². The van der Waals surface area contributed by atoms with E-state index in [2.05, 4.69) is 24.4 Å². The molecule has 0 spiro atoms. The van der Waals surface area contributed by atoms with Gasteiger partial charge in [-0.15, -0.1) is 0 Å².